The molecule has 0 amide bonds. The summed E-state index contributed by atoms with van der Waals surface area (Å²) in [6.07, 6.45) is 32.8. The maximum absolute atomic E-state index is 12.8. The number of esters is 2. The van der Waals surface area contributed by atoms with E-state index < -0.39 is 75.7 Å². The van der Waals surface area contributed by atoms with E-state index in [0.717, 1.165) is 32.1 Å². The molecule has 8 atom stereocenters. The van der Waals surface area contributed by atoms with Crippen molar-refractivity contribution in [1.29, 1.82) is 0 Å². The predicted octanol–water partition coefficient (Wildman–Crippen LogP) is 11.4. The maximum atomic E-state index is 12.8. The fraction of sp³-hybridized carbons (Fsp3) is 0.922. The largest absolute Gasteiger partial charge is 0.472 e. The summed E-state index contributed by atoms with van der Waals surface area (Å²) in [4.78, 5) is 35.8. The van der Waals surface area contributed by atoms with Gasteiger partial charge in [0.2, 0.25) is 0 Å². The minimum Gasteiger partial charge on any atom is -0.462 e. The first kappa shape index (κ1) is 61.6. The molecule has 6 unspecified atom stereocenters. The van der Waals surface area contributed by atoms with Crippen LogP contribution in [0.25, 0.3) is 0 Å². The molecule has 0 aromatic rings. The third kappa shape index (κ3) is 33.7. The van der Waals surface area contributed by atoms with E-state index in [-0.39, 0.29) is 12.8 Å². The SMILES string of the molecule is CCCCCCCCCCCCC/C=C/CCC(=O)O[C@@H](COC(=O)CCCCCCCCCCCCCCCCCCCCCCC)COP(=O)(O)OC1C(O)C(O)C(O)[C@H](O)C1O. The van der Waals surface area contributed by atoms with E-state index in [1.54, 1.807) is 0 Å². The van der Waals surface area contributed by atoms with Crippen molar-refractivity contribution in [2.24, 2.45) is 0 Å². The molecular weight excluding hydrogens is 852 g/mol. The lowest BCUT2D eigenvalue weighted by molar-refractivity contribution is -0.220. The van der Waals surface area contributed by atoms with Crippen LogP contribution in [0, 0.1) is 0 Å². The van der Waals surface area contributed by atoms with Crippen molar-refractivity contribution in [3.05, 3.63) is 12.2 Å². The number of rotatable bonds is 45. The fourth-order valence-corrected chi connectivity index (χ4v) is 9.34. The van der Waals surface area contributed by atoms with E-state index in [9.17, 15) is 44.6 Å². The number of hydrogen-bond acceptors (Lipinski definition) is 12. The van der Waals surface area contributed by atoms with E-state index in [0.29, 0.717) is 12.8 Å². The molecule has 0 aromatic carbocycles. The Morgan fingerprint density at radius 3 is 1.23 bits per heavy atom. The van der Waals surface area contributed by atoms with Crippen LogP contribution in [0.15, 0.2) is 12.2 Å². The van der Waals surface area contributed by atoms with Gasteiger partial charge in [-0.1, -0.05) is 219 Å². The minimum absolute atomic E-state index is 0.0183. The summed E-state index contributed by atoms with van der Waals surface area (Å²) in [6, 6.07) is 0. The highest BCUT2D eigenvalue weighted by molar-refractivity contribution is 7.47. The molecule has 13 nitrogen and oxygen atoms in total. The molecule has 0 bridgehead atoms. The Bertz CT molecular complexity index is 1190. The number of allylic oxidation sites excluding steroid dienone is 2. The van der Waals surface area contributed by atoms with E-state index in [2.05, 4.69) is 13.8 Å². The number of aliphatic hydroxyl groups excluding tert-OH is 5. The molecule has 0 saturated heterocycles. The van der Waals surface area contributed by atoms with Gasteiger partial charge in [-0.15, -0.1) is 0 Å². The molecule has 0 spiro atoms. The summed E-state index contributed by atoms with van der Waals surface area (Å²) in [6.45, 7) is 3.31. The highest BCUT2D eigenvalue weighted by atomic mass is 31.2. The van der Waals surface area contributed by atoms with Crippen molar-refractivity contribution in [2.45, 2.75) is 288 Å². The summed E-state index contributed by atoms with van der Waals surface area (Å²) in [7, 11) is -5.13. The van der Waals surface area contributed by atoms with Gasteiger partial charge >= 0.3 is 19.8 Å². The van der Waals surface area contributed by atoms with Gasteiger partial charge in [0.1, 0.15) is 43.2 Å². The number of aliphatic hydroxyl groups is 5. The Hall–Kier alpha value is -1.41. The van der Waals surface area contributed by atoms with E-state index in [4.69, 9.17) is 18.5 Å². The van der Waals surface area contributed by atoms with Gasteiger partial charge in [-0.2, -0.15) is 0 Å². The first-order valence-electron chi connectivity index (χ1n) is 26.5. The lowest BCUT2D eigenvalue weighted by Gasteiger charge is -2.41. The van der Waals surface area contributed by atoms with Crippen LogP contribution in [0.3, 0.4) is 0 Å². The van der Waals surface area contributed by atoms with Crippen molar-refractivity contribution in [3.8, 4) is 0 Å². The standard InChI is InChI=1S/C51H97O13P/c1-3-5-7-9-11-13-15-17-19-20-21-22-23-24-26-27-29-31-33-35-37-39-44(52)61-41-43(42-62-65(59,60)64-51-49(57)47(55)46(54)48(56)50(51)58)63-45(53)40-38-36-34-32-30-28-25-18-16-14-12-10-8-6-4-2/h34,36,43,46-51,54-58H,3-33,35,37-42H2,1-2H3,(H,59,60)/b36-34+/t43-,46?,47-,48?,49?,50?,51?/m0/s1. The van der Waals surface area contributed by atoms with E-state index >= 15 is 0 Å². The Balaban J connectivity index is 2.37. The predicted molar refractivity (Wildman–Crippen MR) is 258 cm³/mol. The van der Waals surface area contributed by atoms with Crippen molar-refractivity contribution in [2.75, 3.05) is 13.2 Å². The number of phosphoric ester groups is 1. The van der Waals surface area contributed by atoms with Crippen LogP contribution in [0.4, 0.5) is 0 Å². The lowest BCUT2D eigenvalue weighted by Crippen LogP contribution is -2.64. The van der Waals surface area contributed by atoms with Gasteiger partial charge in [0.15, 0.2) is 6.10 Å². The molecule has 14 heteroatoms. The second-order valence-electron chi connectivity index (χ2n) is 18.7. The number of carbonyl (C=O) groups excluding carboxylic acids is 2. The molecule has 0 radical (unpaired) electrons. The molecule has 1 saturated carbocycles. The number of hydrogen-bond donors (Lipinski definition) is 6. The molecule has 384 valence electrons. The Morgan fingerprint density at radius 2 is 0.815 bits per heavy atom. The third-order valence-electron chi connectivity index (χ3n) is 12.6. The number of ether oxygens (including phenoxy) is 2. The molecule has 65 heavy (non-hydrogen) atoms. The average molecular weight is 949 g/mol. The summed E-state index contributed by atoms with van der Waals surface area (Å²) in [5.74, 6) is -1.14. The lowest BCUT2D eigenvalue weighted by atomic mass is 9.85. The maximum Gasteiger partial charge on any atom is 0.472 e. The Labute approximate surface area is 394 Å². The van der Waals surface area contributed by atoms with Gasteiger partial charge in [-0.05, 0) is 25.7 Å². The first-order valence-corrected chi connectivity index (χ1v) is 28.0. The van der Waals surface area contributed by atoms with Crippen LogP contribution in [0.1, 0.15) is 245 Å². The zero-order valence-corrected chi connectivity index (χ0v) is 41.9. The molecule has 0 heterocycles. The van der Waals surface area contributed by atoms with Gasteiger partial charge in [-0.25, -0.2) is 4.57 Å². The highest BCUT2D eigenvalue weighted by Crippen LogP contribution is 2.47. The van der Waals surface area contributed by atoms with Crippen molar-refractivity contribution in [1.82, 2.24) is 0 Å². The second-order valence-corrected chi connectivity index (χ2v) is 20.1. The van der Waals surface area contributed by atoms with Crippen molar-refractivity contribution < 1.29 is 63.1 Å². The normalized spacial score (nSPS) is 21.4. The zero-order chi connectivity index (χ0) is 47.8. The molecule has 6 N–H and O–H groups in total. The fourth-order valence-electron chi connectivity index (χ4n) is 8.37. The summed E-state index contributed by atoms with van der Waals surface area (Å²) < 4.78 is 33.6. The number of phosphoric acid groups is 1. The number of carbonyl (C=O) groups is 2. The smallest absolute Gasteiger partial charge is 0.462 e. The summed E-state index contributed by atoms with van der Waals surface area (Å²) in [5, 5.41) is 50.2. The van der Waals surface area contributed by atoms with Crippen LogP contribution >= 0.6 is 7.82 Å². The monoisotopic (exact) mass is 949 g/mol. The van der Waals surface area contributed by atoms with Gasteiger partial charge < -0.3 is 39.9 Å². The Kier molecular flexibility index (Phi) is 39.4. The van der Waals surface area contributed by atoms with Crippen LogP contribution in [0.5, 0.6) is 0 Å². The van der Waals surface area contributed by atoms with Crippen LogP contribution < -0.4 is 0 Å². The molecule has 1 aliphatic carbocycles. The molecule has 1 aliphatic rings. The van der Waals surface area contributed by atoms with Gasteiger partial charge in [0.05, 0.1) is 6.61 Å². The van der Waals surface area contributed by atoms with Gasteiger partial charge in [-0.3, -0.25) is 18.6 Å². The zero-order valence-electron chi connectivity index (χ0n) is 41.1. The second kappa shape index (κ2) is 41.6. The van der Waals surface area contributed by atoms with E-state index in [1.807, 2.05) is 12.2 Å². The topological polar surface area (TPSA) is 210 Å². The summed E-state index contributed by atoms with van der Waals surface area (Å²) in [5.41, 5.74) is 0. The highest BCUT2D eigenvalue weighted by Gasteiger charge is 2.51. The van der Waals surface area contributed by atoms with Gasteiger partial charge in [0.25, 0.3) is 0 Å². The first-order chi connectivity index (χ1) is 31.4. The number of unbranched alkanes of at least 4 members (excludes halogenated alkanes) is 31. The molecule has 0 aromatic heterocycles. The molecule has 0 aliphatic heterocycles. The molecular formula is C51H97O13P. The third-order valence-corrected chi connectivity index (χ3v) is 13.6. The van der Waals surface area contributed by atoms with Gasteiger partial charge in [0, 0.05) is 12.8 Å². The van der Waals surface area contributed by atoms with Crippen LogP contribution in [-0.2, 0) is 32.7 Å². The van der Waals surface area contributed by atoms with Crippen molar-refractivity contribution in [3.63, 3.8) is 0 Å². The minimum atomic E-state index is -5.13. The quantitative estimate of drug-likeness (QED) is 0.0145. The van der Waals surface area contributed by atoms with Crippen LogP contribution in [0.2, 0.25) is 0 Å². The van der Waals surface area contributed by atoms with Crippen LogP contribution in [-0.4, -0.2) is 98.3 Å². The Morgan fingerprint density at radius 1 is 0.462 bits per heavy atom. The molecule has 1 rings (SSSR count). The van der Waals surface area contributed by atoms with E-state index in [1.165, 1.54) is 173 Å². The van der Waals surface area contributed by atoms with Crippen molar-refractivity contribution >= 4 is 19.8 Å². The average Bonchev–Trinajstić information content (AvgIpc) is 3.29. The summed E-state index contributed by atoms with van der Waals surface area (Å²) >= 11 is 0. The molecule has 1 fully saturated rings.